The van der Waals surface area contributed by atoms with Crippen LogP contribution in [0.3, 0.4) is 0 Å². The molecule has 23 heavy (non-hydrogen) atoms. The van der Waals surface area contributed by atoms with Gasteiger partial charge in [0.05, 0.1) is 5.25 Å². The Morgan fingerprint density at radius 1 is 0.870 bits per heavy atom. The minimum Gasteiger partial charge on any atom is -0.383 e. The summed E-state index contributed by atoms with van der Waals surface area (Å²) in [5.74, 6) is 0.771. The molecule has 0 saturated carbocycles. The highest BCUT2D eigenvalue weighted by Gasteiger charge is 2.19. The molecule has 1 unspecified atom stereocenters. The second kappa shape index (κ2) is 6.71. The van der Waals surface area contributed by atoms with E-state index in [1.807, 2.05) is 30.3 Å². The first-order valence-electron chi connectivity index (χ1n) is 7.30. The quantitative estimate of drug-likeness (QED) is 0.564. The SMILES string of the molecule is Cc1ccccc1C(Sc1nc(N)cc(N)n1)c1ccccc1. The van der Waals surface area contributed by atoms with E-state index in [1.54, 1.807) is 17.8 Å². The highest BCUT2D eigenvalue weighted by atomic mass is 32.2. The van der Waals surface area contributed by atoms with Gasteiger partial charge in [-0.05, 0) is 23.6 Å². The second-order valence-electron chi connectivity index (χ2n) is 5.27. The molecule has 0 radical (unpaired) electrons. The number of nitrogens with zero attached hydrogens (tertiary/aromatic N) is 2. The standard InChI is InChI=1S/C18H18N4S/c1-12-7-5-6-10-14(12)17(13-8-3-2-4-9-13)23-18-21-15(19)11-16(20)22-18/h2-11,17H,1H3,(H4,19,20,21,22). The van der Waals surface area contributed by atoms with E-state index in [4.69, 9.17) is 11.5 Å². The first kappa shape index (κ1) is 15.4. The van der Waals surface area contributed by atoms with Gasteiger partial charge in [-0.2, -0.15) is 0 Å². The number of thioether (sulfide) groups is 1. The predicted octanol–water partition coefficient (Wildman–Crippen LogP) is 3.83. The number of hydrogen-bond acceptors (Lipinski definition) is 5. The summed E-state index contributed by atoms with van der Waals surface area (Å²) >= 11 is 1.56. The van der Waals surface area contributed by atoms with Gasteiger partial charge in [-0.3, -0.25) is 0 Å². The zero-order valence-corrected chi connectivity index (χ0v) is 13.6. The van der Waals surface area contributed by atoms with Crippen molar-refractivity contribution in [3.05, 3.63) is 77.4 Å². The van der Waals surface area contributed by atoms with E-state index in [0.717, 1.165) is 0 Å². The molecule has 5 heteroatoms. The topological polar surface area (TPSA) is 77.8 Å². The van der Waals surface area contributed by atoms with Crippen LogP contribution in [0.4, 0.5) is 11.6 Å². The Morgan fingerprint density at radius 2 is 1.48 bits per heavy atom. The van der Waals surface area contributed by atoms with Crippen LogP contribution in [-0.2, 0) is 0 Å². The number of nitrogens with two attached hydrogens (primary N) is 2. The molecule has 4 nitrogen and oxygen atoms in total. The Kier molecular flexibility index (Phi) is 4.48. The van der Waals surface area contributed by atoms with Crippen LogP contribution in [0.15, 0.2) is 65.8 Å². The molecule has 0 aliphatic carbocycles. The molecule has 2 aromatic carbocycles. The number of hydrogen-bond donors (Lipinski definition) is 2. The second-order valence-corrected chi connectivity index (χ2v) is 6.34. The summed E-state index contributed by atoms with van der Waals surface area (Å²) in [7, 11) is 0. The van der Waals surface area contributed by atoms with E-state index >= 15 is 0 Å². The molecule has 0 aliphatic heterocycles. The number of aromatic nitrogens is 2. The van der Waals surface area contributed by atoms with Crippen molar-refractivity contribution < 1.29 is 0 Å². The van der Waals surface area contributed by atoms with Crippen LogP contribution in [0.25, 0.3) is 0 Å². The first-order chi connectivity index (χ1) is 11.1. The van der Waals surface area contributed by atoms with Crippen molar-refractivity contribution in [1.29, 1.82) is 0 Å². The van der Waals surface area contributed by atoms with Gasteiger partial charge in [0.2, 0.25) is 0 Å². The summed E-state index contributed by atoms with van der Waals surface area (Å²) in [5, 5.41) is 0.665. The molecule has 1 heterocycles. The van der Waals surface area contributed by atoms with E-state index in [2.05, 4.69) is 41.2 Å². The van der Waals surface area contributed by atoms with Gasteiger partial charge in [0.25, 0.3) is 0 Å². The van der Waals surface area contributed by atoms with E-state index in [0.29, 0.717) is 16.8 Å². The normalized spacial score (nSPS) is 12.0. The Hall–Kier alpha value is -2.53. The van der Waals surface area contributed by atoms with Gasteiger partial charge < -0.3 is 11.5 Å². The monoisotopic (exact) mass is 322 g/mol. The zero-order valence-electron chi connectivity index (χ0n) is 12.8. The van der Waals surface area contributed by atoms with E-state index in [1.165, 1.54) is 16.7 Å². The maximum Gasteiger partial charge on any atom is 0.192 e. The van der Waals surface area contributed by atoms with Gasteiger partial charge >= 0.3 is 0 Å². The number of aryl methyl sites for hydroxylation is 1. The molecular weight excluding hydrogens is 304 g/mol. The highest BCUT2D eigenvalue weighted by molar-refractivity contribution is 7.99. The summed E-state index contributed by atoms with van der Waals surface area (Å²) in [5.41, 5.74) is 15.2. The summed E-state index contributed by atoms with van der Waals surface area (Å²) in [6, 6.07) is 20.2. The first-order valence-corrected chi connectivity index (χ1v) is 8.18. The fourth-order valence-electron chi connectivity index (χ4n) is 2.44. The van der Waals surface area contributed by atoms with Crippen molar-refractivity contribution in [3.63, 3.8) is 0 Å². The molecule has 4 N–H and O–H groups in total. The van der Waals surface area contributed by atoms with E-state index in [9.17, 15) is 0 Å². The minimum atomic E-state index is 0.0820. The Balaban J connectivity index is 2.04. The number of anilines is 2. The maximum absolute atomic E-state index is 5.80. The molecule has 3 aromatic rings. The average molecular weight is 322 g/mol. The van der Waals surface area contributed by atoms with E-state index < -0.39 is 0 Å². The van der Waals surface area contributed by atoms with Gasteiger partial charge in [0.1, 0.15) is 11.6 Å². The maximum atomic E-state index is 5.80. The molecule has 0 bridgehead atoms. The molecule has 0 fully saturated rings. The largest absolute Gasteiger partial charge is 0.383 e. The van der Waals surface area contributed by atoms with Crippen LogP contribution in [0.5, 0.6) is 0 Å². The highest BCUT2D eigenvalue weighted by Crippen LogP contribution is 2.40. The van der Waals surface area contributed by atoms with Crippen molar-refractivity contribution >= 4 is 23.4 Å². The Bertz CT molecular complexity index is 785. The molecule has 1 aromatic heterocycles. The lowest BCUT2D eigenvalue weighted by Gasteiger charge is -2.19. The van der Waals surface area contributed by atoms with Crippen LogP contribution >= 0.6 is 11.8 Å². The number of rotatable bonds is 4. The molecule has 116 valence electrons. The zero-order chi connectivity index (χ0) is 16.2. The van der Waals surface area contributed by atoms with Crippen LogP contribution in [0, 0.1) is 6.92 Å². The van der Waals surface area contributed by atoms with Gasteiger partial charge in [-0.1, -0.05) is 66.4 Å². The van der Waals surface area contributed by atoms with Crippen molar-refractivity contribution in [3.8, 4) is 0 Å². The minimum absolute atomic E-state index is 0.0820. The third-order valence-electron chi connectivity index (χ3n) is 3.54. The Morgan fingerprint density at radius 3 is 2.13 bits per heavy atom. The van der Waals surface area contributed by atoms with Crippen molar-refractivity contribution in [2.45, 2.75) is 17.3 Å². The molecule has 0 amide bonds. The van der Waals surface area contributed by atoms with Gasteiger partial charge in [0.15, 0.2) is 5.16 Å². The lowest BCUT2D eigenvalue weighted by molar-refractivity contribution is 0.973. The molecule has 0 saturated heterocycles. The third-order valence-corrected chi connectivity index (χ3v) is 4.70. The fourth-order valence-corrected chi connectivity index (χ4v) is 3.65. The molecule has 0 spiro atoms. The smallest absolute Gasteiger partial charge is 0.192 e. The lowest BCUT2D eigenvalue weighted by atomic mass is 10.0. The van der Waals surface area contributed by atoms with Crippen LogP contribution < -0.4 is 11.5 Å². The van der Waals surface area contributed by atoms with Gasteiger partial charge in [-0.25, -0.2) is 9.97 Å². The van der Waals surface area contributed by atoms with Crippen molar-refractivity contribution in [2.75, 3.05) is 11.5 Å². The number of benzene rings is 2. The van der Waals surface area contributed by atoms with Gasteiger partial charge in [-0.15, -0.1) is 0 Å². The third kappa shape index (κ3) is 3.63. The molecule has 0 aliphatic rings. The summed E-state index contributed by atoms with van der Waals surface area (Å²) in [6.07, 6.45) is 0. The number of nitrogen functional groups attached to an aromatic ring is 2. The van der Waals surface area contributed by atoms with Crippen LogP contribution in [-0.4, -0.2) is 9.97 Å². The summed E-state index contributed by atoms with van der Waals surface area (Å²) < 4.78 is 0. The van der Waals surface area contributed by atoms with Crippen LogP contribution in [0.1, 0.15) is 21.9 Å². The molecule has 1 atom stereocenters. The van der Waals surface area contributed by atoms with E-state index in [-0.39, 0.29) is 5.25 Å². The summed E-state index contributed by atoms with van der Waals surface area (Å²) in [6.45, 7) is 2.11. The predicted molar refractivity (Wildman–Crippen MR) is 96.2 cm³/mol. The summed E-state index contributed by atoms with van der Waals surface area (Å²) in [4.78, 5) is 8.61. The lowest BCUT2D eigenvalue weighted by Crippen LogP contribution is -2.03. The fraction of sp³-hybridized carbons (Fsp3) is 0.111. The van der Waals surface area contributed by atoms with Crippen LogP contribution in [0.2, 0.25) is 0 Å². The molecule has 3 rings (SSSR count). The van der Waals surface area contributed by atoms with Crippen molar-refractivity contribution in [1.82, 2.24) is 9.97 Å². The average Bonchev–Trinajstić information content (AvgIpc) is 2.53. The van der Waals surface area contributed by atoms with Crippen molar-refractivity contribution in [2.24, 2.45) is 0 Å². The molecular formula is C18H18N4S. The Labute approximate surface area is 140 Å². The van der Waals surface area contributed by atoms with Gasteiger partial charge in [0, 0.05) is 6.07 Å².